The van der Waals surface area contributed by atoms with Gasteiger partial charge < -0.3 is 4.98 Å². The lowest BCUT2D eigenvalue weighted by Crippen LogP contribution is -2.08. The summed E-state index contributed by atoms with van der Waals surface area (Å²) in [7, 11) is 0. The van der Waals surface area contributed by atoms with Crippen LogP contribution in [0.3, 0.4) is 0 Å². The van der Waals surface area contributed by atoms with Gasteiger partial charge in [-0.05, 0) is 47.2 Å². The molecule has 1 heterocycles. The van der Waals surface area contributed by atoms with Crippen molar-refractivity contribution in [2.45, 2.75) is 19.8 Å². The van der Waals surface area contributed by atoms with Crippen molar-refractivity contribution in [2.24, 2.45) is 0 Å². The molecule has 2 nitrogen and oxygen atoms in total. The first-order chi connectivity index (χ1) is 9.47. The van der Waals surface area contributed by atoms with Gasteiger partial charge in [0, 0.05) is 10.8 Å². The lowest BCUT2D eigenvalue weighted by Gasteiger charge is -2.10. The summed E-state index contributed by atoms with van der Waals surface area (Å²) >= 11 is 0. The average Bonchev–Trinajstić information content (AvgIpc) is 2.37. The second-order valence-corrected chi connectivity index (χ2v) is 5.22. The molecule has 0 bridgehead atoms. The molecule has 1 N–H and O–H groups in total. The SMILES string of the molecule is CC(C)c1cc2c(=O)[nH]c3cc(F)ccc3c2cc1F. The molecule has 0 atom stereocenters. The van der Waals surface area contributed by atoms with Crippen molar-refractivity contribution in [1.29, 1.82) is 0 Å². The van der Waals surface area contributed by atoms with E-state index in [0.29, 0.717) is 27.2 Å². The number of halogens is 2. The summed E-state index contributed by atoms with van der Waals surface area (Å²) in [6.07, 6.45) is 0. The van der Waals surface area contributed by atoms with Crippen LogP contribution in [0.4, 0.5) is 8.78 Å². The van der Waals surface area contributed by atoms with Gasteiger partial charge in [0.25, 0.3) is 5.56 Å². The van der Waals surface area contributed by atoms with E-state index in [2.05, 4.69) is 4.98 Å². The van der Waals surface area contributed by atoms with E-state index in [1.807, 2.05) is 13.8 Å². The first-order valence-corrected chi connectivity index (χ1v) is 6.42. The van der Waals surface area contributed by atoms with Crippen LogP contribution < -0.4 is 5.56 Å². The maximum atomic E-state index is 14.1. The Balaban J connectivity index is 2.50. The van der Waals surface area contributed by atoms with E-state index in [1.54, 1.807) is 12.1 Å². The predicted molar refractivity (Wildman–Crippen MR) is 76.1 cm³/mol. The maximum absolute atomic E-state index is 14.1. The predicted octanol–water partition coefficient (Wildman–Crippen LogP) is 4.08. The van der Waals surface area contributed by atoms with Crippen LogP contribution in [0.1, 0.15) is 25.3 Å². The van der Waals surface area contributed by atoms with Gasteiger partial charge in [0.05, 0.1) is 5.52 Å². The third kappa shape index (κ3) is 1.88. The quantitative estimate of drug-likeness (QED) is 0.666. The zero-order valence-corrected chi connectivity index (χ0v) is 11.1. The van der Waals surface area contributed by atoms with Crippen LogP contribution in [0.5, 0.6) is 0 Å². The van der Waals surface area contributed by atoms with Crippen LogP contribution in [0, 0.1) is 11.6 Å². The van der Waals surface area contributed by atoms with E-state index in [9.17, 15) is 13.6 Å². The van der Waals surface area contributed by atoms with Crippen molar-refractivity contribution in [3.05, 3.63) is 57.9 Å². The Labute approximate surface area is 114 Å². The minimum absolute atomic E-state index is 0.0114. The highest BCUT2D eigenvalue weighted by Gasteiger charge is 2.13. The van der Waals surface area contributed by atoms with Crippen molar-refractivity contribution in [3.63, 3.8) is 0 Å². The van der Waals surface area contributed by atoms with Crippen LogP contribution in [-0.2, 0) is 0 Å². The Kier molecular flexibility index (Phi) is 2.82. The second kappa shape index (κ2) is 4.40. The highest BCUT2D eigenvalue weighted by molar-refractivity contribution is 6.05. The van der Waals surface area contributed by atoms with Crippen molar-refractivity contribution < 1.29 is 8.78 Å². The summed E-state index contributed by atoms with van der Waals surface area (Å²) in [6.45, 7) is 3.74. The van der Waals surface area contributed by atoms with Crippen molar-refractivity contribution in [3.8, 4) is 0 Å². The van der Waals surface area contributed by atoms with Gasteiger partial charge in [-0.2, -0.15) is 0 Å². The number of fused-ring (bicyclic) bond motifs is 3. The van der Waals surface area contributed by atoms with Crippen molar-refractivity contribution in [1.82, 2.24) is 4.98 Å². The molecule has 0 saturated carbocycles. The Morgan fingerprint density at radius 1 is 1.00 bits per heavy atom. The third-order valence-corrected chi connectivity index (χ3v) is 3.52. The molecule has 1 aromatic heterocycles. The van der Waals surface area contributed by atoms with Gasteiger partial charge in [0.2, 0.25) is 0 Å². The number of aromatic nitrogens is 1. The number of H-pyrrole nitrogens is 1. The van der Waals surface area contributed by atoms with E-state index < -0.39 is 5.82 Å². The molecule has 0 amide bonds. The van der Waals surface area contributed by atoms with Crippen LogP contribution in [0.2, 0.25) is 0 Å². The molecule has 4 heteroatoms. The minimum atomic E-state index is -0.438. The zero-order chi connectivity index (χ0) is 14.4. The fraction of sp³-hybridized carbons (Fsp3) is 0.188. The largest absolute Gasteiger partial charge is 0.321 e. The summed E-state index contributed by atoms with van der Waals surface area (Å²) in [5.74, 6) is -0.793. The number of benzene rings is 2. The molecule has 102 valence electrons. The molecule has 0 unspecified atom stereocenters. The van der Waals surface area contributed by atoms with Crippen LogP contribution in [0.25, 0.3) is 21.7 Å². The summed E-state index contributed by atoms with van der Waals surface area (Å²) in [5, 5.41) is 1.56. The molecule has 3 aromatic rings. The normalized spacial score (nSPS) is 11.7. The van der Waals surface area contributed by atoms with Gasteiger partial charge in [-0.1, -0.05) is 13.8 Å². The maximum Gasteiger partial charge on any atom is 0.256 e. The summed E-state index contributed by atoms with van der Waals surface area (Å²) < 4.78 is 27.3. The zero-order valence-electron chi connectivity index (χ0n) is 11.1. The smallest absolute Gasteiger partial charge is 0.256 e. The molecule has 0 saturated heterocycles. The number of hydrogen-bond donors (Lipinski definition) is 1. The first kappa shape index (κ1) is 12.8. The van der Waals surface area contributed by atoms with E-state index in [1.165, 1.54) is 18.2 Å². The summed E-state index contributed by atoms with van der Waals surface area (Å²) in [5.41, 5.74) is 0.545. The number of hydrogen-bond acceptors (Lipinski definition) is 1. The topological polar surface area (TPSA) is 32.9 Å². The van der Waals surface area contributed by atoms with Crippen LogP contribution >= 0.6 is 0 Å². The van der Waals surface area contributed by atoms with E-state index in [4.69, 9.17) is 0 Å². The van der Waals surface area contributed by atoms with Crippen molar-refractivity contribution >= 4 is 21.7 Å². The van der Waals surface area contributed by atoms with Gasteiger partial charge in [-0.25, -0.2) is 8.78 Å². The molecular formula is C16H13F2NO. The van der Waals surface area contributed by atoms with Gasteiger partial charge in [0.1, 0.15) is 11.6 Å². The highest BCUT2D eigenvalue weighted by Crippen LogP contribution is 2.27. The van der Waals surface area contributed by atoms with E-state index >= 15 is 0 Å². The fourth-order valence-corrected chi connectivity index (χ4v) is 2.49. The third-order valence-electron chi connectivity index (χ3n) is 3.52. The van der Waals surface area contributed by atoms with E-state index in [-0.39, 0.29) is 17.3 Å². The van der Waals surface area contributed by atoms with Gasteiger partial charge in [0.15, 0.2) is 0 Å². The summed E-state index contributed by atoms with van der Waals surface area (Å²) in [6, 6.07) is 7.04. The molecule has 0 spiro atoms. The highest BCUT2D eigenvalue weighted by atomic mass is 19.1. The number of nitrogens with one attached hydrogen (secondary N) is 1. The van der Waals surface area contributed by atoms with Crippen LogP contribution in [-0.4, -0.2) is 4.98 Å². The molecule has 3 rings (SSSR count). The molecule has 20 heavy (non-hydrogen) atoms. The van der Waals surface area contributed by atoms with E-state index in [0.717, 1.165) is 0 Å². The monoisotopic (exact) mass is 273 g/mol. The molecule has 0 aliphatic rings. The average molecular weight is 273 g/mol. The fourth-order valence-electron chi connectivity index (χ4n) is 2.49. The molecule has 2 aromatic carbocycles. The molecular weight excluding hydrogens is 260 g/mol. The van der Waals surface area contributed by atoms with Gasteiger partial charge in [-0.15, -0.1) is 0 Å². The minimum Gasteiger partial charge on any atom is -0.321 e. The summed E-state index contributed by atoms with van der Waals surface area (Å²) in [4.78, 5) is 14.7. The first-order valence-electron chi connectivity index (χ1n) is 6.42. The van der Waals surface area contributed by atoms with Crippen molar-refractivity contribution in [2.75, 3.05) is 0 Å². The van der Waals surface area contributed by atoms with Gasteiger partial charge >= 0.3 is 0 Å². The number of rotatable bonds is 1. The lowest BCUT2D eigenvalue weighted by atomic mass is 9.97. The molecule has 0 fully saturated rings. The Bertz CT molecular complexity index is 881. The Morgan fingerprint density at radius 2 is 1.75 bits per heavy atom. The number of aromatic amines is 1. The standard InChI is InChI=1S/C16H13F2NO/c1-8(2)11-6-13-12(7-14(11)18)10-4-3-9(17)5-15(10)19-16(13)20/h3-8H,1-2H3,(H,19,20). The van der Waals surface area contributed by atoms with Gasteiger partial charge in [-0.3, -0.25) is 4.79 Å². The second-order valence-electron chi connectivity index (χ2n) is 5.22. The van der Waals surface area contributed by atoms with Crippen LogP contribution in [0.15, 0.2) is 35.1 Å². The Morgan fingerprint density at radius 3 is 2.45 bits per heavy atom. The molecule has 0 aliphatic heterocycles. The number of pyridine rings is 1. The Hall–Kier alpha value is -2.23. The molecule has 0 radical (unpaired) electrons. The molecule has 0 aliphatic carbocycles. The lowest BCUT2D eigenvalue weighted by molar-refractivity contribution is 0.600.